The van der Waals surface area contributed by atoms with Gasteiger partial charge in [0.2, 0.25) is 5.91 Å². The minimum Gasteiger partial charge on any atom is -0.504 e. The highest BCUT2D eigenvalue weighted by molar-refractivity contribution is 5.96. The van der Waals surface area contributed by atoms with Crippen molar-refractivity contribution in [2.45, 2.75) is 6.92 Å². The van der Waals surface area contributed by atoms with Crippen LogP contribution >= 0.6 is 0 Å². The first kappa shape index (κ1) is 11.8. The number of amides is 1. The van der Waals surface area contributed by atoms with Crippen LogP contribution in [0, 0.1) is 0 Å². The van der Waals surface area contributed by atoms with Crippen LogP contribution in [0.1, 0.15) is 17.3 Å². The Balaban J connectivity index is 3.28. The molecule has 0 bridgehead atoms. The van der Waals surface area contributed by atoms with Gasteiger partial charge in [0.15, 0.2) is 11.5 Å². The molecule has 1 aromatic rings. The van der Waals surface area contributed by atoms with Gasteiger partial charge >= 0.3 is 5.97 Å². The van der Waals surface area contributed by atoms with Crippen molar-refractivity contribution in [3.63, 3.8) is 0 Å². The van der Waals surface area contributed by atoms with Crippen molar-refractivity contribution < 1.29 is 24.5 Å². The number of carbonyl (C=O) groups excluding carboxylic acids is 1. The molecule has 0 spiro atoms. The zero-order valence-corrected chi connectivity index (χ0v) is 8.77. The third-order valence-electron chi connectivity index (χ3n) is 1.85. The van der Waals surface area contributed by atoms with Gasteiger partial charge in [-0.1, -0.05) is 0 Å². The molecule has 0 aromatic heterocycles. The van der Waals surface area contributed by atoms with Crippen molar-refractivity contribution in [2.24, 2.45) is 0 Å². The summed E-state index contributed by atoms with van der Waals surface area (Å²) in [5, 5.41) is 20.7. The number of ether oxygens (including phenoxy) is 1. The Morgan fingerprint density at radius 2 is 2.00 bits per heavy atom. The standard InChI is InChI=1S/C10H11NO5/c1-5(12)11-6-3-7(10(14)15)9(13)8(4-6)16-2/h3-4,13H,1-2H3,(H,11,12)(H,14,15). The number of phenols is 1. The number of benzene rings is 1. The maximum absolute atomic E-state index is 10.8. The smallest absolute Gasteiger partial charge is 0.339 e. The molecule has 6 nitrogen and oxygen atoms in total. The van der Waals surface area contributed by atoms with Crippen LogP contribution in [0.5, 0.6) is 11.5 Å². The number of aromatic hydroxyl groups is 1. The summed E-state index contributed by atoms with van der Waals surface area (Å²) in [4.78, 5) is 21.6. The van der Waals surface area contributed by atoms with Gasteiger partial charge < -0.3 is 20.3 Å². The fraction of sp³-hybridized carbons (Fsp3) is 0.200. The number of carbonyl (C=O) groups is 2. The topological polar surface area (TPSA) is 95.9 Å². The van der Waals surface area contributed by atoms with Crippen molar-refractivity contribution in [2.75, 3.05) is 12.4 Å². The number of hydrogen-bond acceptors (Lipinski definition) is 4. The summed E-state index contributed by atoms with van der Waals surface area (Å²) in [6.45, 7) is 1.29. The highest BCUT2D eigenvalue weighted by Gasteiger charge is 2.16. The van der Waals surface area contributed by atoms with E-state index in [2.05, 4.69) is 5.32 Å². The Bertz CT molecular complexity index is 441. The van der Waals surface area contributed by atoms with E-state index >= 15 is 0 Å². The molecule has 0 aliphatic heterocycles. The molecule has 86 valence electrons. The molecule has 0 fully saturated rings. The minimum absolute atomic E-state index is 0.0105. The number of anilines is 1. The van der Waals surface area contributed by atoms with E-state index < -0.39 is 11.7 Å². The number of nitrogens with one attached hydrogen (secondary N) is 1. The lowest BCUT2D eigenvalue weighted by molar-refractivity contribution is -0.114. The monoisotopic (exact) mass is 225 g/mol. The molecular weight excluding hydrogens is 214 g/mol. The van der Waals surface area contributed by atoms with E-state index in [0.29, 0.717) is 0 Å². The van der Waals surface area contributed by atoms with Gasteiger partial charge in [-0.15, -0.1) is 0 Å². The largest absolute Gasteiger partial charge is 0.504 e. The predicted octanol–water partition coefficient (Wildman–Crippen LogP) is 1.06. The van der Waals surface area contributed by atoms with E-state index in [9.17, 15) is 14.7 Å². The number of carboxylic acid groups (broad SMARTS) is 1. The van der Waals surface area contributed by atoms with Gasteiger partial charge in [-0.25, -0.2) is 4.79 Å². The van der Waals surface area contributed by atoms with Crippen LogP contribution in [0.4, 0.5) is 5.69 Å². The second-order valence-electron chi connectivity index (χ2n) is 3.06. The van der Waals surface area contributed by atoms with Gasteiger partial charge in [-0.05, 0) is 6.07 Å². The predicted molar refractivity (Wildman–Crippen MR) is 55.9 cm³/mol. The van der Waals surface area contributed by atoms with Crippen molar-refractivity contribution >= 4 is 17.6 Å². The SMILES string of the molecule is COc1cc(NC(C)=O)cc(C(=O)O)c1O. The average Bonchev–Trinajstić information content (AvgIpc) is 2.19. The van der Waals surface area contributed by atoms with Crippen molar-refractivity contribution in [3.05, 3.63) is 17.7 Å². The summed E-state index contributed by atoms with van der Waals surface area (Å²) >= 11 is 0. The van der Waals surface area contributed by atoms with Gasteiger partial charge in [0, 0.05) is 18.7 Å². The molecule has 0 unspecified atom stereocenters. The van der Waals surface area contributed by atoms with E-state index in [0.717, 1.165) is 6.07 Å². The fourth-order valence-electron chi connectivity index (χ4n) is 1.20. The van der Waals surface area contributed by atoms with Crippen LogP contribution < -0.4 is 10.1 Å². The summed E-state index contributed by atoms with van der Waals surface area (Å²) in [7, 11) is 1.29. The number of aromatic carboxylic acids is 1. The van der Waals surface area contributed by atoms with Crippen LogP contribution in [-0.4, -0.2) is 29.2 Å². The van der Waals surface area contributed by atoms with Gasteiger partial charge in [0.1, 0.15) is 5.56 Å². The highest BCUT2D eigenvalue weighted by atomic mass is 16.5. The van der Waals surface area contributed by atoms with Crippen LogP contribution in [0.2, 0.25) is 0 Å². The third kappa shape index (κ3) is 2.41. The molecule has 0 heterocycles. The van der Waals surface area contributed by atoms with E-state index in [1.165, 1.54) is 20.1 Å². The van der Waals surface area contributed by atoms with Crippen LogP contribution in [-0.2, 0) is 4.79 Å². The zero-order valence-electron chi connectivity index (χ0n) is 8.77. The quantitative estimate of drug-likeness (QED) is 0.668. The number of methoxy groups -OCH3 is 1. The molecule has 6 heteroatoms. The third-order valence-corrected chi connectivity index (χ3v) is 1.85. The van der Waals surface area contributed by atoms with Crippen LogP contribution in [0.15, 0.2) is 12.1 Å². The molecule has 0 saturated heterocycles. The summed E-state index contributed by atoms with van der Waals surface area (Å²) in [6.07, 6.45) is 0. The molecule has 0 saturated carbocycles. The Hall–Kier alpha value is -2.24. The Labute approximate surface area is 91.5 Å². The molecule has 1 rings (SSSR count). The first-order valence-corrected chi connectivity index (χ1v) is 4.37. The molecule has 0 radical (unpaired) electrons. The highest BCUT2D eigenvalue weighted by Crippen LogP contribution is 2.33. The number of carboxylic acids is 1. The van der Waals surface area contributed by atoms with E-state index in [1.807, 2.05) is 0 Å². The maximum Gasteiger partial charge on any atom is 0.339 e. The van der Waals surface area contributed by atoms with Crippen molar-refractivity contribution in [1.82, 2.24) is 0 Å². The van der Waals surface area contributed by atoms with E-state index in [4.69, 9.17) is 9.84 Å². The van der Waals surface area contributed by atoms with Gasteiger partial charge in [0.25, 0.3) is 0 Å². The molecule has 0 aliphatic rings. The minimum atomic E-state index is -1.30. The lowest BCUT2D eigenvalue weighted by atomic mass is 10.1. The lowest BCUT2D eigenvalue weighted by Crippen LogP contribution is -2.08. The second-order valence-corrected chi connectivity index (χ2v) is 3.06. The second kappa shape index (κ2) is 4.52. The number of hydrogen-bond donors (Lipinski definition) is 3. The summed E-state index contributed by atoms with van der Waals surface area (Å²) in [6, 6.07) is 2.49. The maximum atomic E-state index is 10.8. The molecule has 1 aromatic carbocycles. The molecule has 16 heavy (non-hydrogen) atoms. The van der Waals surface area contributed by atoms with Crippen molar-refractivity contribution in [1.29, 1.82) is 0 Å². The normalized spacial score (nSPS) is 9.62. The Kier molecular flexibility index (Phi) is 3.34. The molecule has 1 amide bonds. The van der Waals surface area contributed by atoms with Crippen LogP contribution in [0.25, 0.3) is 0 Å². The summed E-state index contributed by atoms with van der Waals surface area (Å²) in [5.74, 6) is -2.13. The first-order chi connectivity index (χ1) is 7.45. The first-order valence-electron chi connectivity index (χ1n) is 4.37. The Morgan fingerprint density at radius 3 is 2.44 bits per heavy atom. The van der Waals surface area contributed by atoms with E-state index in [1.54, 1.807) is 0 Å². The average molecular weight is 225 g/mol. The summed E-state index contributed by atoms with van der Waals surface area (Å²) in [5.41, 5.74) is -0.0809. The summed E-state index contributed by atoms with van der Waals surface area (Å²) < 4.78 is 4.79. The Morgan fingerprint density at radius 1 is 1.38 bits per heavy atom. The van der Waals surface area contributed by atoms with Gasteiger partial charge in [0.05, 0.1) is 7.11 Å². The molecular formula is C10H11NO5. The zero-order chi connectivity index (χ0) is 12.3. The molecule has 0 atom stereocenters. The number of rotatable bonds is 3. The molecule has 0 aliphatic carbocycles. The molecule has 3 N–H and O–H groups in total. The van der Waals surface area contributed by atoms with Gasteiger partial charge in [-0.3, -0.25) is 4.79 Å². The fourth-order valence-corrected chi connectivity index (χ4v) is 1.20. The van der Waals surface area contributed by atoms with Crippen molar-refractivity contribution in [3.8, 4) is 11.5 Å². The van der Waals surface area contributed by atoms with Gasteiger partial charge in [-0.2, -0.15) is 0 Å². The van der Waals surface area contributed by atoms with Crippen LogP contribution in [0.3, 0.4) is 0 Å². The lowest BCUT2D eigenvalue weighted by Gasteiger charge is -2.09. The van der Waals surface area contributed by atoms with E-state index in [-0.39, 0.29) is 22.9 Å².